The number of methoxy groups -OCH3 is 2. The van der Waals surface area contributed by atoms with Gasteiger partial charge in [-0.1, -0.05) is 66.7 Å². The van der Waals surface area contributed by atoms with Gasteiger partial charge in [-0.05, 0) is 54.1 Å². The van der Waals surface area contributed by atoms with Crippen LogP contribution in [0.25, 0.3) is 0 Å². The summed E-state index contributed by atoms with van der Waals surface area (Å²) in [5.41, 5.74) is 8.49. The smallest absolute Gasteiger partial charge is 0.232 e. The van der Waals surface area contributed by atoms with Gasteiger partial charge in [-0.2, -0.15) is 0 Å². The standard InChI is InChI=1S/C28H32N2O3/c1-32-25-14-13-21(19-26(25)33-2)15-17-30-18-16-24(20-30)28(27(29)31,22-9-5-3-6-10-22)23-11-7-4-8-12-23/h3-14,19,24H,15-18,20H2,1-2H3,(H2,29,31)/t24-/m1/s1. The molecule has 0 aromatic heterocycles. The number of carbonyl (C=O) groups excluding carboxylic acids is 1. The third-order valence-electron chi connectivity index (χ3n) is 6.90. The molecule has 172 valence electrons. The molecule has 5 nitrogen and oxygen atoms in total. The van der Waals surface area contributed by atoms with E-state index in [1.165, 1.54) is 5.56 Å². The molecule has 3 aromatic carbocycles. The Morgan fingerprint density at radius 1 is 0.939 bits per heavy atom. The molecule has 33 heavy (non-hydrogen) atoms. The summed E-state index contributed by atoms with van der Waals surface area (Å²) in [5, 5.41) is 0. The van der Waals surface area contributed by atoms with Crippen LogP contribution in [0.1, 0.15) is 23.1 Å². The summed E-state index contributed by atoms with van der Waals surface area (Å²) in [6, 6.07) is 26.1. The van der Waals surface area contributed by atoms with Crippen LogP contribution < -0.4 is 15.2 Å². The van der Waals surface area contributed by atoms with Gasteiger partial charge < -0.3 is 20.1 Å². The summed E-state index contributed by atoms with van der Waals surface area (Å²) in [5.74, 6) is 1.30. The van der Waals surface area contributed by atoms with Crippen molar-refractivity contribution in [3.63, 3.8) is 0 Å². The maximum Gasteiger partial charge on any atom is 0.232 e. The maximum atomic E-state index is 13.2. The molecule has 0 unspecified atom stereocenters. The highest BCUT2D eigenvalue weighted by molar-refractivity contribution is 5.91. The molecule has 0 radical (unpaired) electrons. The zero-order valence-corrected chi connectivity index (χ0v) is 19.4. The van der Waals surface area contributed by atoms with Gasteiger partial charge in [0.25, 0.3) is 0 Å². The molecule has 1 saturated heterocycles. The lowest BCUT2D eigenvalue weighted by Gasteiger charge is -2.37. The summed E-state index contributed by atoms with van der Waals surface area (Å²) < 4.78 is 10.8. The summed E-state index contributed by atoms with van der Waals surface area (Å²) >= 11 is 0. The van der Waals surface area contributed by atoms with Crippen LogP contribution in [0.5, 0.6) is 11.5 Å². The van der Waals surface area contributed by atoms with Crippen molar-refractivity contribution in [3.05, 3.63) is 95.6 Å². The van der Waals surface area contributed by atoms with Crippen molar-refractivity contribution in [2.75, 3.05) is 33.9 Å². The lowest BCUT2D eigenvalue weighted by Crippen LogP contribution is -2.49. The molecular formula is C28H32N2O3. The van der Waals surface area contributed by atoms with E-state index in [0.717, 1.165) is 55.1 Å². The SMILES string of the molecule is COc1ccc(CCN2CC[C@@H](C(C(N)=O)(c3ccccc3)c3ccccc3)C2)cc1OC. The number of hydrogen-bond acceptors (Lipinski definition) is 4. The van der Waals surface area contributed by atoms with Crippen LogP contribution >= 0.6 is 0 Å². The zero-order valence-electron chi connectivity index (χ0n) is 19.4. The highest BCUT2D eigenvalue weighted by Gasteiger charge is 2.49. The van der Waals surface area contributed by atoms with Crippen molar-refractivity contribution < 1.29 is 14.3 Å². The molecule has 4 rings (SSSR count). The van der Waals surface area contributed by atoms with E-state index in [-0.39, 0.29) is 11.8 Å². The molecule has 1 amide bonds. The van der Waals surface area contributed by atoms with Crippen LogP contribution in [0, 0.1) is 5.92 Å². The van der Waals surface area contributed by atoms with Crippen LogP contribution in [0.4, 0.5) is 0 Å². The van der Waals surface area contributed by atoms with Crippen LogP contribution in [0.3, 0.4) is 0 Å². The van der Waals surface area contributed by atoms with Crippen molar-refractivity contribution in [1.82, 2.24) is 4.90 Å². The van der Waals surface area contributed by atoms with Crippen LogP contribution in [-0.2, 0) is 16.6 Å². The Balaban J connectivity index is 1.57. The molecule has 1 aliphatic rings. The molecule has 0 saturated carbocycles. The van der Waals surface area contributed by atoms with E-state index in [4.69, 9.17) is 15.2 Å². The Bertz CT molecular complexity index is 1030. The first-order chi connectivity index (χ1) is 16.1. The third-order valence-corrected chi connectivity index (χ3v) is 6.90. The number of benzene rings is 3. The van der Waals surface area contributed by atoms with Gasteiger partial charge >= 0.3 is 0 Å². The van der Waals surface area contributed by atoms with Gasteiger partial charge in [-0.3, -0.25) is 4.79 Å². The second-order valence-corrected chi connectivity index (χ2v) is 8.63. The summed E-state index contributed by atoms with van der Waals surface area (Å²) in [6.45, 7) is 2.66. The number of hydrogen-bond donors (Lipinski definition) is 1. The van der Waals surface area contributed by atoms with E-state index in [1.807, 2.05) is 72.8 Å². The van der Waals surface area contributed by atoms with Gasteiger partial charge in [-0.15, -0.1) is 0 Å². The molecule has 1 aliphatic heterocycles. The minimum Gasteiger partial charge on any atom is -0.493 e. The topological polar surface area (TPSA) is 64.8 Å². The summed E-state index contributed by atoms with van der Waals surface area (Å²) in [7, 11) is 3.30. The minimum atomic E-state index is -0.847. The second kappa shape index (κ2) is 10.1. The largest absolute Gasteiger partial charge is 0.493 e. The fourth-order valence-electron chi connectivity index (χ4n) is 5.24. The molecule has 1 fully saturated rings. The minimum absolute atomic E-state index is 0.102. The Labute approximate surface area is 196 Å². The number of rotatable bonds is 9. The van der Waals surface area contributed by atoms with Gasteiger partial charge in [0.05, 0.1) is 14.2 Å². The predicted molar refractivity (Wildman–Crippen MR) is 131 cm³/mol. The van der Waals surface area contributed by atoms with E-state index in [0.29, 0.717) is 0 Å². The van der Waals surface area contributed by atoms with Gasteiger partial charge in [-0.25, -0.2) is 0 Å². The molecule has 1 atom stereocenters. The van der Waals surface area contributed by atoms with Crippen LogP contribution in [-0.4, -0.2) is 44.7 Å². The average molecular weight is 445 g/mol. The van der Waals surface area contributed by atoms with Crippen molar-refractivity contribution >= 4 is 5.91 Å². The lowest BCUT2D eigenvalue weighted by atomic mass is 9.64. The van der Waals surface area contributed by atoms with Gasteiger partial charge in [0.15, 0.2) is 11.5 Å². The van der Waals surface area contributed by atoms with Crippen molar-refractivity contribution in [3.8, 4) is 11.5 Å². The molecular weight excluding hydrogens is 412 g/mol. The van der Waals surface area contributed by atoms with Gasteiger partial charge in [0.1, 0.15) is 5.41 Å². The summed E-state index contributed by atoms with van der Waals surface area (Å²) in [4.78, 5) is 15.6. The number of carbonyl (C=O) groups is 1. The highest BCUT2D eigenvalue weighted by Crippen LogP contribution is 2.43. The van der Waals surface area contributed by atoms with Crippen LogP contribution in [0.2, 0.25) is 0 Å². The van der Waals surface area contributed by atoms with Crippen molar-refractivity contribution in [2.24, 2.45) is 11.7 Å². The Morgan fingerprint density at radius 3 is 2.09 bits per heavy atom. The van der Waals surface area contributed by atoms with E-state index in [9.17, 15) is 4.79 Å². The summed E-state index contributed by atoms with van der Waals surface area (Å²) in [6.07, 6.45) is 1.81. The molecule has 0 bridgehead atoms. The molecule has 5 heteroatoms. The quantitative estimate of drug-likeness (QED) is 0.541. The Morgan fingerprint density at radius 2 is 1.55 bits per heavy atom. The molecule has 0 spiro atoms. The molecule has 0 aliphatic carbocycles. The molecule has 3 aromatic rings. The Kier molecular flexibility index (Phi) is 6.99. The number of amides is 1. The van der Waals surface area contributed by atoms with Crippen molar-refractivity contribution in [1.29, 1.82) is 0 Å². The third kappa shape index (κ3) is 4.46. The lowest BCUT2D eigenvalue weighted by molar-refractivity contribution is -0.123. The maximum absolute atomic E-state index is 13.2. The average Bonchev–Trinajstić information content (AvgIpc) is 3.33. The fraction of sp³-hybridized carbons (Fsp3) is 0.321. The second-order valence-electron chi connectivity index (χ2n) is 8.63. The van der Waals surface area contributed by atoms with Gasteiger partial charge in [0, 0.05) is 13.1 Å². The normalized spacial score (nSPS) is 16.5. The number of nitrogens with zero attached hydrogens (tertiary/aromatic N) is 1. The zero-order chi connectivity index (χ0) is 23.3. The van der Waals surface area contributed by atoms with E-state index in [2.05, 4.69) is 11.0 Å². The Hall–Kier alpha value is -3.31. The molecule has 2 N–H and O–H groups in total. The monoisotopic (exact) mass is 444 g/mol. The van der Waals surface area contributed by atoms with E-state index >= 15 is 0 Å². The first kappa shape index (κ1) is 22.9. The fourth-order valence-corrected chi connectivity index (χ4v) is 5.24. The van der Waals surface area contributed by atoms with Gasteiger partial charge in [0.2, 0.25) is 5.91 Å². The predicted octanol–water partition coefficient (Wildman–Crippen LogP) is 4.04. The number of nitrogens with two attached hydrogens (primary N) is 1. The van der Waals surface area contributed by atoms with Crippen LogP contribution in [0.15, 0.2) is 78.9 Å². The number of ether oxygens (including phenoxy) is 2. The first-order valence-electron chi connectivity index (χ1n) is 11.4. The van der Waals surface area contributed by atoms with Crippen molar-refractivity contribution in [2.45, 2.75) is 18.3 Å². The number of likely N-dealkylation sites (tertiary alicyclic amines) is 1. The van der Waals surface area contributed by atoms with E-state index in [1.54, 1.807) is 14.2 Å². The first-order valence-corrected chi connectivity index (χ1v) is 11.4. The molecule has 1 heterocycles. The highest BCUT2D eigenvalue weighted by atomic mass is 16.5. The number of primary amides is 1. The van der Waals surface area contributed by atoms with E-state index < -0.39 is 5.41 Å².